The molecule has 1 aromatic carbocycles. The Morgan fingerprint density at radius 3 is 2.58 bits per heavy atom. The number of aliphatic carboxylic acids is 1. The van der Waals surface area contributed by atoms with Crippen molar-refractivity contribution < 1.29 is 19.4 Å². The number of ether oxygens (including phenoxy) is 1. The Bertz CT molecular complexity index is 451. The van der Waals surface area contributed by atoms with Crippen LogP contribution in [0.2, 0.25) is 0 Å². The lowest BCUT2D eigenvalue weighted by Gasteiger charge is -2.05. The molecule has 0 saturated heterocycles. The summed E-state index contributed by atoms with van der Waals surface area (Å²) in [7, 11) is 0. The predicted molar refractivity (Wildman–Crippen MR) is 71.5 cm³/mol. The fourth-order valence-electron chi connectivity index (χ4n) is 1.36. The highest BCUT2D eigenvalue weighted by molar-refractivity contribution is 5.85. The van der Waals surface area contributed by atoms with E-state index in [-0.39, 0.29) is 12.5 Å². The molecular weight excluding hydrogens is 246 g/mol. The monoisotopic (exact) mass is 263 g/mol. The smallest absolute Gasteiger partial charge is 0.328 e. The van der Waals surface area contributed by atoms with Crippen molar-refractivity contribution in [2.75, 3.05) is 13.2 Å². The number of carbonyl (C=O) groups excluding carboxylic acids is 1. The van der Waals surface area contributed by atoms with Gasteiger partial charge in [0.1, 0.15) is 6.61 Å². The second-order valence-electron chi connectivity index (χ2n) is 3.83. The summed E-state index contributed by atoms with van der Waals surface area (Å²) in [6.45, 7) is 2.83. The van der Waals surface area contributed by atoms with Crippen molar-refractivity contribution in [1.82, 2.24) is 5.32 Å². The van der Waals surface area contributed by atoms with Gasteiger partial charge in [-0.1, -0.05) is 24.3 Å². The van der Waals surface area contributed by atoms with E-state index in [0.29, 0.717) is 13.2 Å². The molecule has 0 aliphatic heterocycles. The summed E-state index contributed by atoms with van der Waals surface area (Å²) in [5.41, 5.74) is 1.74. The number of carbonyl (C=O) groups is 2. The van der Waals surface area contributed by atoms with Gasteiger partial charge in [0.25, 0.3) is 0 Å². The van der Waals surface area contributed by atoms with Crippen LogP contribution in [-0.2, 0) is 20.9 Å². The van der Waals surface area contributed by atoms with E-state index in [1.165, 1.54) is 6.08 Å². The van der Waals surface area contributed by atoms with Crippen molar-refractivity contribution >= 4 is 18.0 Å². The fraction of sp³-hybridized carbons (Fsp3) is 0.286. The van der Waals surface area contributed by atoms with Gasteiger partial charge in [-0.2, -0.15) is 0 Å². The molecule has 2 N–H and O–H groups in total. The number of hydrogen-bond donors (Lipinski definition) is 2. The molecule has 19 heavy (non-hydrogen) atoms. The molecule has 5 heteroatoms. The third-order valence-corrected chi connectivity index (χ3v) is 2.33. The van der Waals surface area contributed by atoms with Crippen molar-refractivity contribution in [2.45, 2.75) is 13.5 Å². The SMILES string of the molecule is CCOCC(=O)NCc1ccc(C=CC(=O)O)cc1. The van der Waals surface area contributed by atoms with Crippen LogP contribution >= 0.6 is 0 Å². The summed E-state index contributed by atoms with van der Waals surface area (Å²) in [6, 6.07) is 7.26. The minimum absolute atomic E-state index is 0.0654. The van der Waals surface area contributed by atoms with Crippen LogP contribution in [0.3, 0.4) is 0 Å². The minimum atomic E-state index is -0.979. The minimum Gasteiger partial charge on any atom is -0.478 e. The normalized spacial score (nSPS) is 10.6. The lowest BCUT2D eigenvalue weighted by molar-refractivity contribution is -0.131. The van der Waals surface area contributed by atoms with Crippen molar-refractivity contribution in [3.8, 4) is 0 Å². The third-order valence-electron chi connectivity index (χ3n) is 2.33. The average Bonchev–Trinajstić information content (AvgIpc) is 2.41. The number of hydrogen-bond acceptors (Lipinski definition) is 3. The Morgan fingerprint density at radius 2 is 2.00 bits per heavy atom. The van der Waals surface area contributed by atoms with E-state index in [9.17, 15) is 9.59 Å². The summed E-state index contributed by atoms with van der Waals surface area (Å²) in [5.74, 6) is -1.14. The number of rotatable bonds is 7. The maximum Gasteiger partial charge on any atom is 0.328 e. The van der Waals surface area contributed by atoms with Crippen molar-refractivity contribution in [3.63, 3.8) is 0 Å². The molecule has 1 aromatic rings. The number of amides is 1. The summed E-state index contributed by atoms with van der Waals surface area (Å²) >= 11 is 0. The maximum absolute atomic E-state index is 11.3. The Kier molecular flexibility index (Phi) is 6.32. The molecule has 0 aliphatic carbocycles. The molecule has 0 heterocycles. The van der Waals surface area contributed by atoms with E-state index in [1.807, 2.05) is 19.1 Å². The summed E-state index contributed by atoms with van der Waals surface area (Å²) < 4.78 is 4.98. The van der Waals surface area contributed by atoms with Crippen LogP contribution in [0, 0.1) is 0 Å². The van der Waals surface area contributed by atoms with E-state index >= 15 is 0 Å². The van der Waals surface area contributed by atoms with E-state index < -0.39 is 5.97 Å². The predicted octanol–water partition coefficient (Wildman–Crippen LogP) is 1.44. The van der Waals surface area contributed by atoms with Crippen LogP contribution in [0.15, 0.2) is 30.3 Å². The number of benzene rings is 1. The third kappa shape index (κ3) is 6.38. The molecule has 5 nitrogen and oxygen atoms in total. The standard InChI is InChI=1S/C14H17NO4/c1-2-19-10-13(16)15-9-12-5-3-11(4-6-12)7-8-14(17)18/h3-8H,2,9-10H2,1H3,(H,15,16)(H,17,18). The molecule has 0 spiro atoms. The highest BCUT2D eigenvalue weighted by Gasteiger charge is 2.00. The number of carboxylic acid groups (broad SMARTS) is 1. The van der Waals surface area contributed by atoms with Gasteiger partial charge in [-0.15, -0.1) is 0 Å². The first kappa shape index (κ1) is 14.9. The molecule has 0 unspecified atom stereocenters. The summed E-state index contributed by atoms with van der Waals surface area (Å²) in [6.07, 6.45) is 2.60. The lowest BCUT2D eigenvalue weighted by atomic mass is 10.1. The van der Waals surface area contributed by atoms with Gasteiger partial charge in [-0.05, 0) is 24.1 Å². The van der Waals surface area contributed by atoms with Gasteiger partial charge in [0, 0.05) is 19.2 Å². The quantitative estimate of drug-likeness (QED) is 0.730. The first-order chi connectivity index (χ1) is 9.11. The van der Waals surface area contributed by atoms with Crippen LogP contribution in [-0.4, -0.2) is 30.2 Å². The van der Waals surface area contributed by atoms with Crippen LogP contribution in [0.5, 0.6) is 0 Å². The lowest BCUT2D eigenvalue weighted by Crippen LogP contribution is -2.27. The molecule has 0 fully saturated rings. The molecule has 1 rings (SSSR count). The number of nitrogens with one attached hydrogen (secondary N) is 1. The largest absolute Gasteiger partial charge is 0.478 e. The first-order valence-corrected chi connectivity index (χ1v) is 5.96. The van der Waals surface area contributed by atoms with E-state index in [1.54, 1.807) is 12.1 Å². The maximum atomic E-state index is 11.3. The molecule has 0 radical (unpaired) electrons. The zero-order valence-electron chi connectivity index (χ0n) is 10.8. The molecule has 1 amide bonds. The van der Waals surface area contributed by atoms with E-state index in [2.05, 4.69) is 5.32 Å². The molecule has 0 aliphatic rings. The Hall–Kier alpha value is -2.14. The molecule has 0 saturated carbocycles. The van der Waals surface area contributed by atoms with Crippen molar-refractivity contribution in [1.29, 1.82) is 0 Å². The van der Waals surface area contributed by atoms with Gasteiger partial charge in [0.2, 0.25) is 5.91 Å². The second kappa shape index (κ2) is 8.05. The van der Waals surface area contributed by atoms with Gasteiger partial charge in [-0.25, -0.2) is 4.79 Å². The van der Waals surface area contributed by atoms with Gasteiger partial charge < -0.3 is 15.2 Å². The first-order valence-electron chi connectivity index (χ1n) is 5.96. The molecule has 0 aromatic heterocycles. The topological polar surface area (TPSA) is 75.6 Å². The Labute approximate surface area is 111 Å². The Morgan fingerprint density at radius 1 is 1.32 bits per heavy atom. The van der Waals surface area contributed by atoms with Crippen molar-refractivity contribution in [3.05, 3.63) is 41.5 Å². The van der Waals surface area contributed by atoms with Gasteiger partial charge in [-0.3, -0.25) is 4.79 Å². The van der Waals surface area contributed by atoms with Crippen LogP contribution in [0.4, 0.5) is 0 Å². The molecular formula is C14H17NO4. The highest BCUT2D eigenvalue weighted by atomic mass is 16.5. The van der Waals surface area contributed by atoms with Gasteiger partial charge in [0.05, 0.1) is 0 Å². The van der Waals surface area contributed by atoms with Crippen LogP contribution < -0.4 is 5.32 Å². The van der Waals surface area contributed by atoms with E-state index in [0.717, 1.165) is 17.2 Å². The zero-order valence-corrected chi connectivity index (χ0v) is 10.8. The molecule has 0 bridgehead atoms. The number of carboxylic acids is 1. The highest BCUT2D eigenvalue weighted by Crippen LogP contribution is 2.06. The zero-order chi connectivity index (χ0) is 14.1. The summed E-state index contributed by atoms with van der Waals surface area (Å²) in [4.78, 5) is 21.7. The Balaban J connectivity index is 2.44. The fourth-order valence-corrected chi connectivity index (χ4v) is 1.36. The average molecular weight is 263 g/mol. The summed E-state index contributed by atoms with van der Waals surface area (Å²) in [5, 5.41) is 11.2. The van der Waals surface area contributed by atoms with E-state index in [4.69, 9.17) is 9.84 Å². The second-order valence-corrected chi connectivity index (χ2v) is 3.83. The van der Waals surface area contributed by atoms with Crippen LogP contribution in [0.1, 0.15) is 18.1 Å². The van der Waals surface area contributed by atoms with Gasteiger partial charge in [0.15, 0.2) is 0 Å². The molecule has 0 atom stereocenters. The van der Waals surface area contributed by atoms with Crippen molar-refractivity contribution in [2.24, 2.45) is 0 Å². The molecule has 102 valence electrons. The van der Waals surface area contributed by atoms with Gasteiger partial charge >= 0.3 is 5.97 Å². The van der Waals surface area contributed by atoms with Crippen LogP contribution in [0.25, 0.3) is 6.08 Å².